The lowest BCUT2D eigenvalue weighted by molar-refractivity contribution is 0.250. The van der Waals surface area contributed by atoms with Gasteiger partial charge in [-0.05, 0) is 18.6 Å². The standard InChI is InChI=1S/C17H17N5O2/c23-10-11-6-7-12(8-11)19-17-20-15-14(16(24)21-17)9-18-22(15)13-4-2-1-3-5-13/h1-7,9,11-12,23H,8,10H2,(H2,19,20,21,24)/t11-,12+/m0/s1. The summed E-state index contributed by atoms with van der Waals surface area (Å²) in [5.41, 5.74) is 1.12. The zero-order valence-corrected chi connectivity index (χ0v) is 12.9. The molecule has 122 valence electrons. The van der Waals surface area contributed by atoms with Crippen molar-refractivity contribution < 1.29 is 5.11 Å². The third-order valence-electron chi connectivity index (χ3n) is 4.17. The molecule has 0 amide bonds. The third kappa shape index (κ3) is 2.59. The number of anilines is 1. The first-order chi connectivity index (χ1) is 11.7. The van der Waals surface area contributed by atoms with Crippen LogP contribution in [0, 0.1) is 5.92 Å². The number of para-hydroxylation sites is 1. The Hall–Kier alpha value is -2.93. The highest BCUT2D eigenvalue weighted by molar-refractivity contribution is 5.76. The Morgan fingerprint density at radius 2 is 2.12 bits per heavy atom. The van der Waals surface area contributed by atoms with E-state index in [1.807, 2.05) is 42.5 Å². The molecular weight excluding hydrogens is 306 g/mol. The Balaban J connectivity index is 1.71. The summed E-state index contributed by atoms with van der Waals surface area (Å²) in [4.78, 5) is 19.6. The van der Waals surface area contributed by atoms with Crippen LogP contribution in [0.5, 0.6) is 0 Å². The molecule has 2 atom stereocenters. The van der Waals surface area contributed by atoms with Crippen LogP contribution in [0.25, 0.3) is 16.7 Å². The molecule has 2 heterocycles. The molecule has 1 aromatic carbocycles. The monoisotopic (exact) mass is 323 g/mol. The normalized spacial score (nSPS) is 19.9. The second-order valence-corrected chi connectivity index (χ2v) is 5.86. The Bertz CT molecular complexity index is 945. The molecule has 0 unspecified atom stereocenters. The highest BCUT2D eigenvalue weighted by Crippen LogP contribution is 2.20. The second-order valence-electron chi connectivity index (χ2n) is 5.86. The van der Waals surface area contributed by atoms with E-state index in [4.69, 9.17) is 0 Å². The van der Waals surface area contributed by atoms with Gasteiger partial charge in [-0.25, -0.2) is 4.68 Å². The number of nitrogens with zero attached hydrogens (tertiary/aromatic N) is 3. The van der Waals surface area contributed by atoms with Gasteiger partial charge in [0.25, 0.3) is 5.56 Å². The van der Waals surface area contributed by atoms with Gasteiger partial charge in [0.1, 0.15) is 5.39 Å². The molecule has 7 nitrogen and oxygen atoms in total. The van der Waals surface area contributed by atoms with Crippen LogP contribution in [-0.2, 0) is 0 Å². The molecule has 3 N–H and O–H groups in total. The minimum Gasteiger partial charge on any atom is -0.396 e. The number of hydrogen-bond donors (Lipinski definition) is 3. The van der Waals surface area contributed by atoms with Gasteiger partial charge < -0.3 is 10.4 Å². The molecule has 0 spiro atoms. The molecule has 0 radical (unpaired) electrons. The van der Waals surface area contributed by atoms with Gasteiger partial charge >= 0.3 is 0 Å². The summed E-state index contributed by atoms with van der Waals surface area (Å²) in [5.74, 6) is 0.547. The van der Waals surface area contributed by atoms with Crippen molar-refractivity contribution in [2.24, 2.45) is 5.92 Å². The molecule has 4 rings (SSSR count). The Morgan fingerprint density at radius 3 is 2.88 bits per heavy atom. The van der Waals surface area contributed by atoms with Crippen molar-refractivity contribution in [2.75, 3.05) is 11.9 Å². The smallest absolute Gasteiger partial charge is 0.263 e. The van der Waals surface area contributed by atoms with E-state index in [1.165, 1.54) is 6.20 Å². The average Bonchev–Trinajstić information content (AvgIpc) is 3.22. The first-order valence-corrected chi connectivity index (χ1v) is 7.84. The number of fused-ring (bicyclic) bond motifs is 1. The van der Waals surface area contributed by atoms with Gasteiger partial charge in [0.2, 0.25) is 5.95 Å². The van der Waals surface area contributed by atoms with Crippen molar-refractivity contribution in [1.29, 1.82) is 0 Å². The van der Waals surface area contributed by atoms with E-state index < -0.39 is 0 Å². The largest absolute Gasteiger partial charge is 0.396 e. The average molecular weight is 323 g/mol. The van der Waals surface area contributed by atoms with Crippen molar-refractivity contribution in [3.8, 4) is 5.69 Å². The number of H-pyrrole nitrogens is 1. The molecule has 0 saturated heterocycles. The fraction of sp³-hybridized carbons (Fsp3) is 0.235. The number of aliphatic hydroxyl groups is 1. The van der Waals surface area contributed by atoms with Crippen LogP contribution in [0.1, 0.15) is 6.42 Å². The number of aromatic nitrogens is 4. The van der Waals surface area contributed by atoms with Crippen molar-refractivity contribution in [3.63, 3.8) is 0 Å². The first-order valence-electron chi connectivity index (χ1n) is 7.84. The molecule has 0 aliphatic heterocycles. The minimum absolute atomic E-state index is 0.0378. The number of benzene rings is 1. The molecule has 7 heteroatoms. The Morgan fingerprint density at radius 1 is 1.29 bits per heavy atom. The molecule has 0 saturated carbocycles. The molecule has 3 aromatic rings. The fourth-order valence-corrected chi connectivity index (χ4v) is 2.94. The van der Waals surface area contributed by atoms with Crippen LogP contribution in [0.4, 0.5) is 5.95 Å². The van der Waals surface area contributed by atoms with Crippen LogP contribution in [-0.4, -0.2) is 37.5 Å². The van der Waals surface area contributed by atoms with E-state index in [9.17, 15) is 9.90 Å². The molecule has 0 fully saturated rings. The van der Waals surface area contributed by atoms with E-state index in [0.29, 0.717) is 17.0 Å². The predicted molar refractivity (Wildman–Crippen MR) is 91.2 cm³/mol. The Labute approximate surface area is 137 Å². The van der Waals surface area contributed by atoms with E-state index in [2.05, 4.69) is 20.4 Å². The summed E-state index contributed by atoms with van der Waals surface area (Å²) in [6, 6.07) is 9.60. The van der Waals surface area contributed by atoms with Gasteiger partial charge in [-0.1, -0.05) is 30.4 Å². The van der Waals surface area contributed by atoms with Gasteiger partial charge in [-0.15, -0.1) is 0 Å². The molecule has 2 aromatic heterocycles. The van der Waals surface area contributed by atoms with Crippen molar-refractivity contribution in [3.05, 3.63) is 59.0 Å². The van der Waals surface area contributed by atoms with Gasteiger partial charge in [0, 0.05) is 18.6 Å². The maximum Gasteiger partial charge on any atom is 0.263 e. The SMILES string of the molecule is O=c1[nH]c(N[C@@H]2C=C[C@H](CO)C2)nc2c1cnn2-c1ccccc1. The molecule has 0 bridgehead atoms. The Kier molecular flexibility index (Phi) is 3.62. The van der Waals surface area contributed by atoms with Crippen molar-refractivity contribution in [2.45, 2.75) is 12.5 Å². The number of hydrogen-bond acceptors (Lipinski definition) is 5. The number of aromatic amines is 1. The minimum atomic E-state index is -0.231. The van der Waals surface area contributed by atoms with E-state index in [-0.39, 0.29) is 24.1 Å². The van der Waals surface area contributed by atoms with E-state index in [1.54, 1.807) is 4.68 Å². The molecule has 1 aliphatic carbocycles. The van der Waals surface area contributed by atoms with Crippen LogP contribution in [0.3, 0.4) is 0 Å². The highest BCUT2D eigenvalue weighted by Gasteiger charge is 2.19. The van der Waals surface area contributed by atoms with Crippen molar-refractivity contribution >= 4 is 17.0 Å². The van der Waals surface area contributed by atoms with Crippen LogP contribution in [0.15, 0.2) is 53.5 Å². The summed E-state index contributed by atoms with van der Waals surface area (Å²) in [7, 11) is 0. The van der Waals surface area contributed by atoms with Crippen LogP contribution < -0.4 is 10.9 Å². The van der Waals surface area contributed by atoms with E-state index in [0.717, 1.165) is 12.1 Å². The zero-order chi connectivity index (χ0) is 16.5. The quantitative estimate of drug-likeness (QED) is 0.632. The maximum atomic E-state index is 12.3. The zero-order valence-electron chi connectivity index (χ0n) is 12.9. The summed E-state index contributed by atoms with van der Waals surface area (Å²) < 4.78 is 1.65. The lowest BCUT2D eigenvalue weighted by atomic mass is 10.1. The van der Waals surface area contributed by atoms with Crippen LogP contribution in [0.2, 0.25) is 0 Å². The first kappa shape index (κ1) is 14.6. The summed E-state index contributed by atoms with van der Waals surface area (Å²) in [6.45, 7) is 0.123. The topological polar surface area (TPSA) is 95.8 Å². The summed E-state index contributed by atoms with van der Waals surface area (Å²) >= 11 is 0. The molecule has 1 aliphatic rings. The fourth-order valence-electron chi connectivity index (χ4n) is 2.94. The van der Waals surface area contributed by atoms with Crippen LogP contribution >= 0.6 is 0 Å². The van der Waals surface area contributed by atoms with Gasteiger partial charge in [0.15, 0.2) is 5.65 Å². The third-order valence-corrected chi connectivity index (χ3v) is 4.17. The van der Waals surface area contributed by atoms with Crippen molar-refractivity contribution in [1.82, 2.24) is 19.7 Å². The van der Waals surface area contributed by atoms with Gasteiger partial charge in [-0.3, -0.25) is 9.78 Å². The lowest BCUT2D eigenvalue weighted by Crippen LogP contribution is -2.21. The number of rotatable bonds is 4. The lowest BCUT2D eigenvalue weighted by Gasteiger charge is -2.13. The molecular formula is C17H17N5O2. The predicted octanol–water partition coefficient (Wildman–Crippen LogP) is 1.46. The number of aliphatic hydroxyl groups excluding tert-OH is 1. The second kappa shape index (κ2) is 5.93. The summed E-state index contributed by atoms with van der Waals surface area (Å²) in [5, 5.41) is 17.1. The number of nitrogens with one attached hydrogen (secondary N) is 2. The van der Waals surface area contributed by atoms with Gasteiger partial charge in [0.05, 0.1) is 11.9 Å². The summed E-state index contributed by atoms with van der Waals surface area (Å²) in [6.07, 6.45) is 6.26. The maximum absolute atomic E-state index is 12.3. The molecule has 24 heavy (non-hydrogen) atoms. The highest BCUT2D eigenvalue weighted by atomic mass is 16.3. The van der Waals surface area contributed by atoms with E-state index >= 15 is 0 Å². The van der Waals surface area contributed by atoms with Gasteiger partial charge in [-0.2, -0.15) is 10.1 Å².